The molecule has 0 aliphatic carbocycles. The molecule has 1 atom stereocenters. The number of hydrogen-bond donors (Lipinski definition) is 1. The summed E-state index contributed by atoms with van der Waals surface area (Å²) in [4.78, 5) is 0. The number of halogens is 1. The third-order valence-electron chi connectivity index (χ3n) is 2.12. The molecular formula is C12H16FN. The van der Waals surface area contributed by atoms with Crippen molar-refractivity contribution in [2.75, 3.05) is 6.54 Å². The van der Waals surface area contributed by atoms with Crippen molar-refractivity contribution in [1.29, 1.82) is 0 Å². The Morgan fingerprint density at radius 1 is 1.43 bits per heavy atom. The molecule has 1 nitrogen and oxygen atoms in total. The van der Waals surface area contributed by atoms with Crippen LogP contribution in [0.1, 0.15) is 12.5 Å². The van der Waals surface area contributed by atoms with E-state index in [2.05, 4.69) is 18.8 Å². The largest absolute Gasteiger partial charge is 0.310 e. The maximum atomic E-state index is 12.6. The smallest absolute Gasteiger partial charge is 0.123 e. The lowest BCUT2D eigenvalue weighted by atomic mass is 10.1. The average Bonchev–Trinajstić information content (AvgIpc) is 2.20. The predicted molar refractivity (Wildman–Crippen MR) is 57.8 cm³/mol. The van der Waals surface area contributed by atoms with E-state index in [0.29, 0.717) is 0 Å². The first-order valence-corrected chi connectivity index (χ1v) is 4.86. The Bertz CT molecular complexity index is 279. The van der Waals surface area contributed by atoms with Crippen LogP contribution < -0.4 is 5.32 Å². The second-order valence-corrected chi connectivity index (χ2v) is 3.23. The van der Waals surface area contributed by atoms with E-state index in [0.717, 1.165) is 18.5 Å². The summed E-state index contributed by atoms with van der Waals surface area (Å²) >= 11 is 0. The molecule has 0 spiro atoms. The van der Waals surface area contributed by atoms with Gasteiger partial charge in [0.05, 0.1) is 0 Å². The van der Waals surface area contributed by atoms with E-state index < -0.39 is 0 Å². The lowest BCUT2D eigenvalue weighted by Gasteiger charge is -2.12. The fourth-order valence-corrected chi connectivity index (χ4v) is 1.38. The van der Waals surface area contributed by atoms with E-state index >= 15 is 0 Å². The summed E-state index contributed by atoms with van der Waals surface area (Å²) in [6.45, 7) is 6.73. The minimum atomic E-state index is -0.188. The number of rotatable bonds is 5. The first-order chi connectivity index (χ1) is 6.76. The molecule has 0 aliphatic heterocycles. The van der Waals surface area contributed by atoms with Gasteiger partial charge in [-0.2, -0.15) is 0 Å². The number of hydrogen-bond acceptors (Lipinski definition) is 1. The van der Waals surface area contributed by atoms with E-state index in [1.807, 2.05) is 18.2 Å². The Morgan fingerprint density at radius 2 is 2.07 bits per heavy atom. The monoisotopic (exact) mass is 193 g/mol. The first-order valence-electron chi connectivity index (χ1n) is 4.86. The van der Waals surface area contributed by atoms with Crippen molar-refractivity contribution in [1.82, 2.24) is 5.32 Å². The van der Waals surface area contributed by atoms with Gasteiger partial charge in [0, 0.05) is 6.04 Å². The molecule has 1 N–H and O–H groups in total. The first kappa shape index (κ1) is 10.9. The van der Waals surface area contributed by atoms with Gasteiger partial charge >= 0.3 is 0 Å². The quantitative estimate of drug-likeness (QED) is 0.708. The van der Waals surface area contributed by atoms with Crippen LogP contribution in [0.2, 0.25) is 0 Å². The zero-order valence-corrected chi connectivity index (χ0v) is 8.46. The molecule has 1 aromatic rings. The second kappa shape index (κ2) is 5.55. The molecule has 0 aliphatic rings. The van der Waals surface area contributed by atoms with Crippen molar-refractivity contribution >= 4 is 0 Å². The molecule has 2 heteroatoms. The Hall–Kier alpha value is -1.15. The maximum Gasteiger partial charge on any atom is 0.123 e. The third kappa shape index (κ3) is 3.30. The maximum absolute atomic E-state index is 12.6. The molecule has 76 valence electrons. The summed E-state index contributed by atoms with van der Waals surface area (Å²) in [6, 6.07) is 6.86. The molecule has 14 heavy (non-hydrogen) atoms. The van der Waals surface area contributed by atoms with Gasteiger partial charge in [0.1, 0.15) is 5.82 Å². The van der Waals surface area contributed by atoms with E-state index in [9.17, 15) is 4.39 Å². The highest BCUT2D eigenvalue weighted by atomic mass is 19.1. The molecule has 0 saturated carbocycles. The van der Waals surface area contributed by atoms with Crippen molar-refractivity contribution in [3.05, 3.63) is 48.3 Å². The molecule has 0 saturated heterocycles. The van der Waals surface area contributed by atoms with E-state index in [4.69, 9.17) is 0 Å². The second-order valence-electron chi connectivity index (χ2n) is 3.23. The molecular weight excluding hydrogens is 177 g/mol. The van der Waals surface area contributed by atoms with Gasteiger partial charge in [0.15, 0.2) is 0 Å². The van der Waals surface area contributed by atoms with Gasteiger partial charge < -0.3 is 5.32 Å². The lowest BCUT2D eigenvalue weighted by Crippen LogP contribution is -2.28. The number of benzene rings is 1. The van der Waals surface area contributed by atoms with Crippen LogP contribution in [-0.2, 0) is 6.42 Å². The molecule has 0 amide bonds. The topological polar surface area (TPSA) is 12.0 Å². The van der Waals surface area contributed by atoms with Crippen LogP contribution in [0.5, 0.6) is 0 Å². The van der Waals surface area contributed by atoms with Gasteiger partial charge in [-0.1, -0.05) is 25.1 Å². The standard InChI is InChI=1S/C12H16FN/c1-3-12(14-4-2)9-10-5-7-11(13)8-6-10/h3,5-8,12,14H,1,4,9H2,2H3. The van der Waals surface area contributed by atoms with Crippen molar-refractivity contribution in [3.8, 4) is 0 Å². The van der Waals surface area contributed by atoms with E-state index in [1.54, 1.807) is 0 Å². The van der Waals surface area contributed by atoms with E-state index in [-0.39, 0.29) is 11.9 Å². The SMILES string of the molecule is C=CC(Cc1ccc(F)cc1)NCC. The van der Waals surface area contributed by atoms with Crippen molar-refractivity contribution in [3.63, 3.8) is 0 Å². The van der Waals surface area contributed by atoms with Gasteiger partial charge in [-0.3, -0.25) is 0 Å². The molecule has 1 rings (SSSR count). The summed E-state index contributed by atoms with van der Waals surface area (Å²) < 4.78 is 12.6. The zero-order chi connectivity index (χ0) is 10.4. The highest BCUT2D eigenvalue weighted by molar-refractivity contribution is 5.18. The number of nitrogens with one attached hydrogen (secondary N) is 1. The van der Waals surface area contributed by atoms with Crippen LogP contribution >= 0.6 is 0 Å². The van der Waals surface area contributed by atoms with Crippen LogP contribution in [0.25, 0.3) is 0 Å². The van der Waals surface area contributed by atoms with Gasteiger partial charge in [-0.25, -0.2) is 4.39 Å². The van der Waals surface area contributed by atoms with Crippen LogP contribution in [0.3, 0.4) is 0 Å². The van der Waals surface area contributed by atoms with Crippen molar-refractivity contribution in [2.45, 2.75) is 19.4 Å². The molecule has 1 unspecified atom stereocenters. The Labute approximate surface area is 84.6 Å². The van der Waals surface area contributed by atoms with Crippen molar-refractivity contribution < 1.29 is 4.39 Å². The zero-order valence-electron chi connectivity index (χ0n) is 8.46. The average molecular weight is 193 g/mol. The van der Waals surface area contributed by atoms with Crippen molar-refractivity contribution in [2.24, 2.45) is 0 Å². The van der Waals surface area contributed by atoms with E-state index in [1.165, 1.54) is 12.1 Å². The molecule has 0 radical (unpaired) electrons. The molecule has 0 aromatic heterocycles. The summed E-state index contributed by atoms with van der Waals surface area (Å²) in [5, 5.41) is 3.28. The van der Waals surface area contributed by atoms with Gasteiger partial charge in [-0.15, -0.1) is 6.58 Å². The molecule has 0 heterocycles. The molecule has 1 aromatic carbocycles. The van der Waals surface area contributed by atoms with Crippen LogP contribution in [0.4, 0.5) is 4.39 Å². The molecule has 0 bridgehead atoms. The third-order valence-corrected chi connectivity index (χ3v) is 2.12. The Balaban J connectivity index is 2.57. The minimum Gasteiger partial charge on any atom is -0.310 e. The number of likely N-dealkylation sites (N-methyl/N-ethyl adjacent to an activating group) is 1. The summed E-state index contributed by atoms with van der Waals surface area (Å²) in [5.41, 5.74) is 1.12. The fourth-order valence-electron chi connectivity index (χ4n) is 1.38. The Kier molecular flexibility index (Phi) is 4.33. The lowest BCUT2D eigenvalue weighted by molar-refractivity contribution is 0.607. The molecule has 0 fully saturated rings. The summed E-state index contributed by atoms with van der Waals surface area (Å²) in [7, 11) is 0. The van der Waals surface area contributed by atoms with Crippen LogP contribution in [0, 0.1) is 5.82 Å². The highest BCUT2D eigenvalue weighted by Crippen LogP contribution is 2.06. The van der Waals surface area contributed by atoms with Gasteiger partial charge in [0.2, 0.25) is 0 Å². The summed E-state index contributed by atoms with van der Waals surface area (Å²) in [6.07, 6.45) is 2.74. The Morgan fingerprint density at radius 3 is 2.57 bits per heavy atom. The fraction of sp³-hybridized carbons (Fsp3) is 0.333. The summed E-state index contributed by atoms with van der Waals surface area (Å²) in [5.74, 6) is -0.188. The normalized spacial score (nSPS) is 12.4. The predicted octanol–water partition coefficient (Wildman–Crippen LogP) is 2.53. The van der Waals surface area contributed by atoms with Crippen LogP contribution in [-0.4, -0.2) is 12.6 Å². The van der Waals surface area contributed by atoms with Gasteiger partial charge in [-0.05, 0) is 30.7 Å². The minimum absolute atomic E-state index is 0.188. The van der Waals surface area contributed by atoms with Gasteiger partial charge in [0.25, 0.3) is 0 Å². The highest BCUT2D eigenvalue weighted by Gasteiger charge is 2.03. The van der Waals surface area contributed by atoms with Crippen LogP contribution in [0.15, 0.2) is 36.9 Å².